The Balaban J connectivity index is 1.64. The van der Waals surface area contributed by atoms with E-state index in [9.17, 15) is 17.6 Å². The molecule has 0 radical (unpaired) electrons. The average Bonchev–Trinajstić information content (AvgIpc) is 3.11. The smallest absolute Gasteiger partial charge is 0.395 e. The summed E-state index contributed by atoms with van der Waals surface area (Å²) < 4.78 is 58.1. The zero-order chi connectivity index (χ0) is 20.6. The SMILES string of the molecule is COc1cccc(Cc2c[nH]c3ncc(C4=CCC(C(F)(F)F)C=C4)cc23)c1F. The van der Waals surface area contributed by atoms with E-state index in [1.54, 1.807) is 36.7 Å². The highest BCUT2D eigenvalue weighted by Gasteiger charge is 2.37. The number of hydrogen-bond donors (Lipinski definition) is 1. The van der Waals surface area contributed by atoms with Crippen molar-refractivity contribution in [2.45, 2.75) is 19.0 Å². The number of ether oxygens (including phenoxy) is 1. The maximum absolute atomic E-state index is 14.5. The van der Waals surface area contributed by atoms with E-state index in [0.29, 0.717) is 23.2 Å². The molecule has 7 heteroatoms. The third kappa shape index (κ3) is 3.77. The topological polar surface area (TPSA) is 37.9 Å². The van der Waals surface area contributed by atoms with Gasteiger partial charge in [-0.25, -0.2) is 9.37 Å². The Hall–Kier alpha value is -3.09. The highest BCUT2D eigenvalue weighted by Crippen LogP contribution is 2.35. The van der Waals surface area contributed by atoms with Crippen molar-refractivity contribution in [1.82, 2.24) is 9.97 Å². The summed E-state index contributed by atoms with van der Waals surface area (Å²) >= 11 is 0. The number of pyridine rings is 1. The highest BCUT2D eigenvalue weighted by molar-refractivity contribution is 5.86. The Kier molecular flexibility index (Phi) is 4.90. The van der Waals surface area contributed by atoms with Gasteiger partial charge in [-0.2, -0.15) is 13.2 Å². The van der Waals surface area contributed by atoms with Gasteiger partial charge in [-0.05, 0) is 35.3 Å². The van der Waals surface area contributed by atoms with Gasteiger partial charge in [-0.1, -0.05) is 30.4 Å². The average molecular weight is 402 g/mol. The molecule has 29 heavy (non-hydrogen) atoms. The molecule has 1 unspecified atom stereocenters. The zero-order valence-corrected chi connectivity index (χ0v) is 15.6. The fraction of sp³-hybridized carbons (Fsp3) is 0.227. The van der Waals surface area contributed by atoms with Crippen LogP contribution in [0.2, 0.25) is 0 Å². The van der Waals surface area contributed by atoms with E-state index in [-0.39, 0.29) is 12.2 Å². The molecule has 0 saturated heterocycles. The van der Waals surface area contributed by atoms with Gasteiger partial charge in [0.05, 0.1) is 13.0 Å². The first kappa shape index (κ1) is 19.2. The summed E-state index contributed by atoms with van der Waals surface area (Å²) in [6, 6.07) is 6.85. The predicted octanol–water partition coefficient (Wildman–Crippen LogP) is 5.82. The Bertz CT molecular complexity index is 1110. The van der Waals surface area contributed by atoms with Crippen LogP contribution in [0.15, 0.2) is 54.9 Å². The second-order valence-electron chi connectivity index (χ2n) is 6.95. The summed E-state index contributed by atoms with van der Waals surface area (Å²) in [5.74, 6) is -1.69. The Labute approximate surface area is 164 Å². The van der Waals surface area contributed by atoms with Crippen molar-refractivity contribution >= 4 is 16.6 Å². The number of halogens is 4. The van der Waals surface area contributed by atoms with Gasteiger partial charge < -0.3 is 9.72 Å². The van der Waals surface area contributed by atoms with E-state index in [0.717, 1.165) is 16.5 Å². The van der Waals surface area contributed by atoms with Crippen LogP contribution in [-0.2, 0) is 6.42 Å². The first-order valence-electron chi connectivity index (χ1n) is 9.09. The summed E-state index contributed by atoms with van der Waals surface area (Å²) in [4.78, 5) is 7.43. The lowest BCUT2D eigenvalue weighted by Gasteiger charge is -2.19. The molecule has 1 atom stereocenters. The maximum Gasteiger partial charge on any atom is 0.395 e. The molecule has 1 aliphatic carbocycles. The lowest BCUT2D eigenvalue weighted by Crippen LogP contribution is -2.21. The summed E-state index contributed by atoms with van der Waals surface area (Å²) in [5.41, 5.74) is 3.39. The first-order chi connectivity index (χ1) is 13.9. The molecule has 1 N–H and O–H groups in total. The molecule has 2 heterocycles. The molecule has 3 aromatic rings. The minimum Gasteiger partial charge on any atom is -0.494 e. The molecule has 0 fully saturated rings. The molecule has 0 bridgehead atoms. The third-order valence-corrected chi connectivity index (χ3v) is 5.11. The number of allylic oxidation sites excluding steroid dienone is 4. The largest absolute Gasteiger partial charge is 0.494 e. The number of fused-ring (bicyclic) bond motifs is 1. The van der Waals surface area contributed by atoms with Crippen molar-refractivity contribution in [3.05, 3.63) is 77.4 Å². The number of aromatic nitrogens is 2. The number of H-pyrrole nitrogens is 1. The van der Waals surface area contributed by atoms with Crippen molar-refractivity contribution in [3.63, 3.8) is 0 Å². The molecule has 4 rings (SSSR count). The minimum atomic E-state index is -4.24. The number of aromatic amines is 1. The number of benzene rings is 1. The van der Waals surface area contributed by atoms with Gasteiger partial charge in [-0.15, -0.1) is 0 Å². The molecule has 1 aliphatic rings. The molecule has 1 aromatic carbocycles. The third-order valence-electron chi connectivity index (χ3n) is 5.11. The molecule has 0 amide bonds. The van der Waals surface area contributed by atoms with Crippen molar-refractivity contribution in [3.8, 4) is 5.75 Å². The fourth-order valence-corrected chi connectivity index (χ4v) is 3.49. The highest BCUT2D eigenvalue weighted by atomic mass is 19.4. The van der Waals surface area contributed by atoms with Crippen molar-refractivity contribution in [2.75, 3.05) is 7.11 Å². The van der Waals surface area contributed by atoms with E-state index in [1.165, 1.54) is 19.3 Å². The Morgan fingerprint density at radius 1 is 1.24 bits per heavy atom. The van der Waals surface area contributed by atoms with Gasteiger partial charge in [0.1, 0.15) is 5.65 Å². The maximum atomic E-state index is 14.5. The van der Waals surface area contributed by atoms with Crippen LogP contribution in [0.1, 0.15) is 23.1 Å². The van der Waals surface area contributed by atoms with Crippen LogP contribution in [-0.4, -0.2) is 23.3 Å². The molecule has 3 nitrogen and oxygen atoms in total. The van der Waals surface area contributed by atoms with Gasteiger partial charge in [0.25, 0.3) is 0 Å². The number of nitrogens with zero attached hydrogens (tertiary/aromatic N) is 1. The predicted molar refractivity (Wildman–Crippen MR) is 103 cm³/mol. The zero-order valence-electron chi connectivity index (χ0n) is 15.6. The second-order valence-corrected chi connectivity index (χ2v) is 6.95. The summed E-state index contributed by atoms with van der Waals surface area (Å²) in [7, 11) is 1.42. The van der Waals surface area contributed by atoms with Gasteiger partial charge >= 0.3 is 6.18 Å². The van der Waals surface area contributed by atoms with Gasteiger partial charge in [0, 0.05) is 29.8 Å². The first-order valence-corrected chi connectivity index (χ1v) is 9.09. The molecule has 0 aliphatic heterocycles. The minimum absolute atomic E-state index is 0.0949. The number of rotatable bonds is 4. The van der Waals surface area contributed by atoms with E-state index in [4.69, 9.17) is 4.74 Å². The van der Waals surface area contributed by atoms with E-state index >= 15 is 0 Å². The summed E-state index contributed by atoms with van der Waals surface area (Å²) in [6.07, 6.45) is 3.64. The van der Waals surface area contributed by atoms with Gasteiger partial charge in [0.15, 0.2) is 11.6 Å². The number of hydrogen-bond acceptors (Lipinski definition) is 2. The Morgan fingerprint density at radius 2 is 2.07 bits per heavy atom. The van der Waals surface area contributed by atoms with Crippen LogP contribution in [0.5, 0.6) is 5.75 Å². The van der Waals surface area contributed by atoms with Gasteiger partial charge in [-0.3, -0.25) is 0 Å². The van der Waals surface area contributed by atoms with Crippen LogP contribution in [0.4, 0.5) is 17.6 Å². The second kappa shape index (κ2) is 7.39. The quantitative estimate of drug-likeness (QED) is 0.558. The van der Waals surface area contributed by atoms with Crippen LogP contribution < -0.4 is 4.74 Å². The standard InChI is InChI=1S/C22H18F4N2O/c1-29-19-4-2-3-14(20(19)23)9-16-12-28-21-18(16)10-15(11-27-21)13-5-7-17(8-6-13)22(24,25)26/h2-7,10-12,17H,8-9H2,1H3,(H,27,28). The molecule has 0 spiro atoms. The summed E-state index contributed by atoms with van der Waals surface area (Å²) in [5, 5.41) is 0.803. The number of nitrogens with one attached hydrogen (secondary N) is 1. The summed E-state index contributed by atoms with van der Waals surface area (Å²) in [6.45, 7) is 0. The van der Waals surface area contributed by atoms with E-state index in [2.05, 4.69) is 9.97 Å². The molecule has 0 saturated carbocycles. The van der Waals surface area contributed by atoms with Crippen LogP contribution in [0, 0.1) is 11.7 Å². The van der Waals surface area contributed by atoms with E-state index < -0.39 is 17.9 Å². The number of alkyl halides is 3. The lowest BCUT2D eigenvalue weighted by atomic mass is 9.92. The molecule has 150 valence electrons. The number of methoxy groups -OCH3 is 1. The van der Waals surface area contributed by atoms with Crippen molar-refractivity contribution in [1.29, 1.82) is 0 Å². The van der Waals surface area contributed by atoms with E-state index in [1.807, 2.05) is 6.07 Å². The van der Waals surface area contributed by atoms with Crippen LogP contribution in [0.3, 0.4) is 0 Å². The molecule has 2 aromatic heterocycles. The van der Waals surface area contributed by atoms with Crippen molar-refractivity contribution in [2.24, 2.45) is 5.92 Å². The normalized spacial score (nSPS) is 16.9. The van der Waals surface area contributed by atoms with Crippen LogP contribution in [0.25, 0.3) is 16.6 Å². The fourth-order valence-electron chi connectivity index (χ4n) is 3.49. The van der Waals surface area contributed by atoms with Gasteiger partial charge in [0.2, 0.25) is 0 Å². The Morgan fingerprint density at radius 3 is 2.76 bits per heavy atom. The lowest BCUT2D eigenvalue weighted by molar-refractivity contribution is -0.160. The molecular formula is C22H18F4N2O. The van der Waals surface area contributed by atoms with Crippen LogP contribution >= 0.6 is 0 Å². The monoisotopic (exact) mass is 402 g/mol. The van der Waals surface area contributed by atoms with Crippen molar-refractivity contribution < 1.29 is 22.3 Å². The molecular weight excluding hydrogens is 384 g/mol.